The quantitative estimate of drug-likeness (QED) is 0.907. The van der Waals surface area contributed by atoms with Crippen molar-refractivity contribution >= 4 is 21.9 Å². The van der Waals surface area contributed by atoms with Crippen LogP contribution in [0.4, 0.5) is 0 Å². The maximum atomic E-state index is 6.19. The van der Waals surface area contributed by atoms with Gasteiger partial charge in [0.05, 0.1) is 18.2 Å². The van der Waals surface area contributed by atoms with Gasteiger partial charge in [-0.3, -0.25) is 4.99 Å². The molecule has 0 radical (unpaired) electrons. The van der Waals surface area contributed by atoms with Gasteiger partial charge in [0, 0.05) is 17.6 Å². The van der Waals surface area contributed by atoms with Crippen molar-refractivity contribution in [2.75, 3.05) is 19.7 Å². The van der Waals surface area contributed by atoms with E-state index in [2.05, 4.69) is 57.0 Å². The average Bonchev–Trinajstić information content (AvgIpc) is 3.10. The van der Waals surface area contributed by atoms with Crippen LogP contribution in [0.2, 0.25) is 0 Å². The number of ether oxygens (including phenoxy) is 1. The molecule has 21 heavy (non-hydrogen) atoms. The van der Waals surface area contributed by atoms with Gasteiger partial charge in [0.15, 0.2) is 5.96 Å². The lowest BCUT2D eigenvalue weighted by molar-refractivity contribution is 0.0632. The fourth-order valence-corrected chi connectivity index (χ4v) is 3.79. The summed E-state index contributed by atoms with van der Waals surface area (Å²) in [5.41, 5.74) is 7.32. The van der Waals surface area contributed by atoms with E-state index in [0.29, 0.717) is 5.96 Å². The molecule has 4 nitrogen and oxygen atoms in total. The highest BCUT2D eigenvalue weighted by atomic mass is 79.9. The number of hydrogen-bond acceptors (Lipinski definition) is 4. The number of aliphatic imine (C=N–C) groups is 1. The van der Waals surface area contributed by atoms with E-state index in [0.717, 1.165) is 43.4 Å². The lowest BCUT2D eigenvalue weighted by Gasteiger charge is -2.40. The Kier molecular flexibility index (Phi) is 4.22. The molecule has 2 unspecified atom stereocenters. The zero-order valence-corrected chi connectivity index (χ0v) is 14.0. The minimum absolute atomic E-state index is 0.139. The van der Waals surface area contributed by atoms with E-state index in [1.54, 1.807) is 0 Å². The molecule has 0 aliphatic carbocycles. The molecule has 2 aliphatic rings. The van der Waals surface area contributed by atoms with Crippen LogP contribution in [0.15, 0.2) is 33.7 Å². The molecule has 2 atom stereocenters. The van der Waals surface area contributed by atoms with Gasteiger partial charge in [-0.2, -0.15) is 0 Å². The number of nitrogens with zero attached hydrogens (tertiary/aromatic N) is 2. The van der Waals surface area contributed by atoms with Crippen molar-refractivity contribution in [2.24, 2.45) is 10.7 Å². The topological polar surface area (TPSA) is 50.8 Å². The first-order chi connectivity index (χ1) is 10.2. The van der Waals surface area contributed by atoms with Gasteiger partial charge < -0.3 is 15.4 Å². The molecule has 0 amide bonds. The third-order valence-corrected chi connectivity index (χ3v) is 5.15. The zero-order valence-electron chi connectivity index (χ0n) is 12.4. The SMILES string of the molecule is CCC1(c2cccc(Br)c2)CN=C(N)N1CC1CCCO1. The molecule has 1 fully saturated rings. The highest BCUT2D eigenvalue weighted by Gasteiger charge is 2.43. The summed E-state index contributed by atoms with van der Waals surface area (Å²) in [6, 6.07) is 8.48. The van der Waals surface area contributed by atoms with Crippen LogP contribution in [-0.2, 0) is 10.3 Å². The Morgan fingerprint density at radius 1 is 1.52 bits per heavy atom. The summed E-state index contributed by atoms with van der Waals surface area (Å²) in [6.07, 6.45) is 3.50. The molecule has 1 aromatic carbocycles. The van der Waals surface area contributed by atoms with Crippen LogP contribution < -0.4 is 5.73 Å². The summed E-state index contributed by atoms with van der Waals surface area (Å²) < 4.78 is 6.89. The summed E-state index contributed by atoms with van der Waals surface area (Å²) >= 11 is 3.57. The number of guanidine groups is 1. The molecule has 5 heteroatoms. The predicted molar refractivity (Wildman–Crippen MR) is 88.3 cm³/mol. The van der Waals surface area contributed by atoms with Crippen LogP contribution >= 0.6 is 15.9 Å². The number of nitrogens with two attached hydrogens (primary N) is 1. The Hall–Kier alpha value is -1.07. The van der Waals surface area contributed by atoms with Gasteiger partial charge in [0.2, 0.25) is 0 Å². The van der Waals surface area contributed by atoms with E-state index in [9.17, 15) is 0 Å². The van der Waals surface area contributed by atoms with Gasteiger partial charge in [0.1, 0.15) is 0 Å². The molecule has 1 saturated heterocycles. The van der Waals surface area contributed by atoms with Crippen LogP contribution in [0.5, 0.6) is 0 Å². The first kappa shape index (κ1) is 14.9. The molecular weight excluding hydrogens is 330 g/mol. The van der Waals surface area contributed by atoms with Gasteiger partial charge in [-0.1, -0.05) is 35.0 Å². The largest absolute Gasteiger partial charge is 0.376 e. The van der Waals surface area contributed by atoms with Crippen LogP contribution in [0.3, 0.4) is 0 Å². The third kappa shape index (κ3) is 2.69. The van der Waals surface area contributed by atoms with E-state index in [1.807, 2.05) is 0 Å². The van der Waals surface area contributed by atoms with Gasteiger partial charge in [-0.05, 0) is 37.0 Å². The van der Waals surface area contributed by atoms with Gasteiger partial charge in [-0.25, -0.2) is 0 Å². The Labute approximate surface area is 134 Å². The van der Waals surface area contributed by atoms with Gasteiger partial charge in [-0.15, -0.1) is 0 Å². The van der Waals surface area contributed by atoms with Crippen molar-refractivity contribution in [3.05, 3.63) is 34.3 Å². The average molecular weight is 352 g/mol. The van der Waals surface area contributed by atoms with Crippen molar-refractivity contribution in [1.82, 2.24) is 4.90 Å². The smallest absolute Gasteiger partial charge is 0.192 e. The van der Waals surface area contributed by atoms with E-state index in [-0.39, 0.29) is 11.6 Å². The predicted octanol–water partition coefficient (Wildman–Crippen LogP) is 2.86. The Balaban J connectivity index is 1.91. The van der Waals surface area contributed by atoms with Crippen molar-refractivity contribution in [3.63, 3.8) is 0 Å². The fraction of sp³-hybridized carbons (Fsp3) is 0.562. The lowest BCUT2D eigenvalue weighted by Crippen LogP contribution is -2.51. The molecule has 2 aliphatic heterocycles. The standard InChI is InChI=1S/C16H22BrN3O/c1-2-16(12-5-3-6-13(17)9-12)11-19-15(18)20(16)10-14-7-4-8-21-14/h3,5-6,9,14H,2,4,7-8,10-11H2,1H3,(H2,18,19). The van der Waals surface area contributed by atoms with Crippen LogP contribution in [0.1, 0.15) is 31.7 Å². The van der Waals surface area contributed by atoms with Crippen molar-refractivity contribution in [2.45, 2.75) is 37.8 Å². The first-order valence-corrected chi connectivity index (χ1v) is 8.40. The molecule has 0 saturated carbocycles. The van der Waals surface area contributed by atoms with E-state index < -0.39 is 0 Å². The molecule has 0 bridgehead atoms. The summed E-state index contributed by atoms with van der Waals surface area (Å²) in [7, 11) is 0. The minimum Gasteiger partial charge on any atom is -0.376 e. The molecule has 0 spiro atoms. The second-order valence-corrected chi connectivity index (χ2v) is 6.73. The molecule has 2 N–H and O–H groups in total. The Morgan fingerprint density at radius 2 is 2.38 bits per heavy atom. The number of halogens is 1. The number of benzene rings is 1. The van der Waals surface area contributed by atoms with E-state index in [1.165, 1.54) is 5.56 Å². The Morgan fingerprint density at radius 3 is 3.05 bits per heavy atom. The summed E-state index contributed by atoms with van der Waals surface area (Å²) in [4.78, 5) is 6.79. The molecule has 114 valence electrons. The number of hydrogen-bond donors (Lipinski definition) is 1. The van der Waals surface area contributed by atoms with E-state index in [4.69, 9.17) is 10.5 Å². The molecule has 0 aromatic heterocycles. The molecule has 3 rings (SSSR count). The maximum Gasteiger partial charge on any atom is 0.192 e. The normalized spacial score (nSPS) is 29.0. The maximum absolute atomic E-state index is 6.19. The van der Waals surface area contributed by atoms with Crippen molar-refractivity contribution in [1.29, 1.82) is 0 Å². The summed E-state index contributed by atoms with van der Waals surface area (Å²) in [6.45, 7) is 4.62. The van der Waals surface area contributed by atoms with Crippen molar-refractivity contribution in [3.8, 4) is 0 Å². The monoisotopic (exact) mass is 351 g/mol. The van der Waals surface area contributed by atoms with Crippen molar-refractivity contribution < 1.29 is 4.74 Å². The van der Waals surface area contributed by atoms with Gasteiger partial charge in [0.25, 0.3) is 0 Å². The first-order valence-electron chi connectivity index (χ1n) is 7.61. The van der Waals surface area contributed by atoms with Crippen LogP contribution in [-0.4, -0.2) is 36.7 Å². The Bertz CT molecular complexity index is 542. The third-order valence-electron chi connectivity index (χ3n) is 4.65. The highest BCUT2D eigenvalue weighted by Crippen LogP contribution is 2.38. The summed E-state index contributed by atoms with van der Waals surface area (Å²) in [5.74, 6) is 0.646. The lowest BCUT2D eigenvalue weighted by atomic mass is 9.86. The molecular formula is C16H22BrN3O. The highest BCUT2D eigenvalue weighted by molar-refractivity contribution is 9.10. The van der Waals surface area contributed by atoms with Crippen LogP contribution in [0, 0.1) is 0 Å². The fourth-order valence-electron chi connectivity index (χ4n) is 3.39. The van der Waals surface area contributed by atoms with Crippen LogP contribution in [0.25, 0.3) is 0 Å². The number of rotatable bonds is 4. The van der Waals surface area contributed by atoms with E-state index >= 15 is 0 Å². The van der Waals surface area contributed by atoms with Gasteiger partial charge >= 0.3 is 0 Å². The molecule has 1 aromatic rings. The second-order valence-electron chi connectivity index (χ2n) is 5.82. The second kappa shape index (κ2) is 5.97. The minimum atomic E-state index is -0.139. The zero-order chi connectivity index (χ0) is 14.9. The summed E-state index contributed by atoms with van der Waals surface area (Å²) in [5, 5.41) is 0. The molecule has 2 heterocycles.